The number of alkyl halides is 1. The number of aliphatic hydroxyl groups is 1. The van der Waals surface area contributed by atoms with Gasteiger partial charge in [-0.1, -0.05) is 0 Å². The number of carboxylic acid groups (broad SMARTS) is 1. The molecule has 18 heavy (non-hydrogen) atoms. The number of amides is 1. The summed E-state index contributed by atoms with van der Waals surface area (Å²) >= 11 is 0. The summed E-state index contributed by atoms with van der Waals surface area (Å²) in [5.41, 5.74) is -2.87. The summed E-state index contributed by atoms with van der Waals surface area (Å²) < 4.78 is 18.9. The highest BCUT2D eigenvalue weighted by Crippen LogP contribution is 2.31. The van der Waals surface area contributed by atoms with Crippen LogP contribution in [0.4, 0.5) is 9.18 Å². The van der Waals surface area contributed by atoms with Crippen LogP contribution < -0.4 is 0 Å². The van der Waals surface area contributed by atoms with Crippen LogP contribution in [0.2, 0.25) is 0 Å². The molecule has 1 amide bonds. The number of likely N-dealkylation sites (tertiary alicyclic amines) is 1. The first-order chi connectivity index (χ1) is 8.08. The molecule has 0 radical (unpaired) electrons. The van der Waals surface area contributed by atoms with Gasteiger partial charge < -0.3 is 14.9 Å². The van der Waals surface area contributed by atoms with Crippen molar-refractivity contribution in [2.24, 2.45) is 0 Å². The van der Waals surface area contributed by atoms with E-state index in [0.717, 1.165) is 4.90 Å². The topological polar surface area (TPSA) is 87.1 Å². The Balaban J connectivity index is 2.85. The number of hydrogen-bond acceptors (Lipinski definition) is 4. The van der Waals surface area contributed by atoms with E-state index in [0.29, 0.717) is 0 Å². The SMILES string of the molecule is CC(C)(C)OC(=O)N1C[C@@](F)(CO)C[C@H]1C(=O)O. The van der Waals surface area contributed by atoms with Gasteiger partial charge in [0.25, 0.3) is 0 Å². The molecular weight excluding hydrogens is 245 g/mol. The molecule has 0 aromatic carbocycles. The molecule has 6 nitrogen and oxygen atoms in total. The molecule has 0 saturated carbocycles. The van der Waals surface area contributed by atoms with Gasteiger partial charge in [-0.2, -0.15) is 0 Å². The molecule has 0 aliphatic carbocycles. The first-order valence-electron chi connectivity index (χ1n) is 5.60. The van der Waals surface area contributed by atoms with E-state index in [2.05, 4.69) is 0 Å². The average Bonchev–Trinajstić information content (AvgIpc) is 2.55. The third-order valence-corrected chi connectivity index (χ3v) is 2.59. The lowest BCUT2D eigenvalue weighted by Gasteiger charge is -2.26. The largest absolute Gasteiger partial charge is 0.480 e. The summed E-state index contributed by atoms with van der Waals surface area (Å²) in [5.74, 6) is -1.31. The molecule has 0 bridgehead atoms. The lowest BCUT2D eigenvalue weighted by molar-refractivity contribution is -0.142. The highest BCUT2D eigenvalue weighted by molar-refractivity contribution is 5.81. The summed E-state index contributed by atoms with van der Waals surface area (Å²) in [7, 11) is 0. The van der Waals surface area contributed by atoms with E-state index in [9.17, 15) is 14.0 Å². The van der Waals surface area contributed by atoms with E-state index in [1.54, 1.807) is 20.8 Å². The minimum Gasteiger partial charge on any atom is -0.480 e. The van der Waals surface area contributed by atoms with E-state index < -0.39 is 48.9 Å². The van der Waals surface area contributed by atoms with Crippen molar-refractivity contribution >= 4 is 12.1 Å². The molecule has 1 fully saturated rings. The van der Waals surface area contributed by atoms with Crippen molar-refractivity contribution in [2.45, 2.75) is 44.5 Å². The number of aliphatic carboxylic acids is 1. The second-order valence-corrected chi connectivity index (χ2v) is 5.48. The first-order valence-corrected chi connectivity index (χ1v) is 5.60. The van der Waals surface area contributed by atoms with Crippen LogP contribution in [0.1, 0.15) is 27.2 Å². The number of nitrogens with zero attached hydrogens (tertiary/aromatic N) is 1. The molecule has 0 aromatic rings. The lowest BCUT2D eigenvalue weighted by atomic mass is 10.0. The molecule has 0 spiro atoms. The van der Waals surface area contributed by atoms with Crippen LogP contribution in [0.3, 0.4) is 0 Å². The van der Waals surface area contributed by atoms with Crippen LogP contribution >= 0.6 is 0 Å². The highest BCUT2D eigenvalue weighted by Gasteiger charge is 2.50. The highest BCUT2D eigenvalue weighted by atomic mass is 19.1. The average molecular weight is 263 g/mol. The third kappa shape index (κ3) is 3.32. The fourth-order valence-corrected chi connectivity index (χ4v) is 1.78. The molecule has 104 valence electrons. The zero-order valence-electron chi connectivity index (χ0n) is 10.6. The fourth-order valence-electron chi connectivity index (χ4n) is 1.78. The predicted molar refractivity (Wildman–Crippen MR) is 59.9 cm³/mol. The van der Waals surface area contributed by atoms with Crippen LogP contribution in [0.15, 0.2) is 0 Å². The van der Waals surface area contributed by atoms with E-state index >= 15 is 0 Å². The van der Waals surface area contributed by atoms with Crippen LogP contribution in [-0.2, 0) is 9.53 Å². The molecule has 1 saturated heterocycles. The van der Waals surface area contributed by atoms with Gasteiger partial charge in [-0.15, -0.1) is 0 Å². The number of halogens is 1. The number of aliphatic hydroxyl groups excluding tert-OH is 1. The zero-order valence-corrected chi connectivity index (χ0v) is 10.6. The van der Waals surface area contributed by atoms with Crippen molar-refractivity contribution in [3.8, 4) is 0 Å². The maximum absolute atomic E-state index is 13.9. The zero-order chi connectivity index (χ0) is 14.1. The molecule has 1 heterocycles. The Hall–Kier alpha value is -1.37. The van der Waals surface area contributed by atoms with Crippen molar-refractivity contribution in [2.75, 3.05) is 13.2 Å². The Morgan fingerprint density at radius 3 is 2.44 bits per heavy atom. The molecule has 2 atom stereocenters. The number of hydrogen-bond donors (Lipinski definition) is 2. The third-order valence-electron chi connectivity index (χ3n) is 2.59. The Labute approximate surface area is 104 Å². The Morgan fingerprint density at radius 2 is 2.06 bits per heavy atom. The Bertz CT molecular complexity index is 354. The lowest BCUT2D eigenvalue weighted by Crippen LogP contribution is -2.44. The summed E-state index contributed by atoms with van der Waals surface area (Å²) in [6, 6.07) is -1.31. The molecule has 2 N–H and O–H groups in total. The molecule has 0 unspecified atom stereocenters. The number of carbonyl (C=O) groups excluding carboxylic acids is 1. The maximum atomic E-state index is 13.9. The molecule has 1 aliphatic heterocycles. The van der Waals surface area contributed by atoms with E-state index in [1.807, 2.05) is 0 Å². The number of ether oxygens (including phenoxy) is 1. The second kappa shape index (κ2) is 4.72. The molecule has 7 heteroatoms. The summed E-state index contributed by atoms with van der Waals surface area (Å²) in [4.78, 5) is 23.6. The van der Waals surface area contributed by atoms with Gasteiger partial charge in [0.2, 0.25) is 0 Å². The normalized spacial score (nSPS) is 28.3. The Morgan fingerprint density at radius 1 is 1.50 bits per heavy atom. The van der Waals surface area contributed by atoms with Gasteiger partial charge in [-0.25, -0.2) is 14.0 Å². The number of rotatable bonds is 2. The van der Waals surface area contributed by atoms with Crippen LogP contribution in [-0.4, -0.2) is 57.6 Å². The molecule has 1 aliphatic rings. The number of carboxylic acids is 1. The monoisotopic (exact) mass is 263 g/mol. The smallest absolute Gasteiger partial charge is 0.411 e. The molecular formula is C11H18FNO5. The minimum absolute atomic E-state index is 0.432. The fraction of sp³-hybridized carbons (Fsp3) is 0.818. The van der Waals surface area contributed by atoms with Crippen molar-refractivity contribution in [1.82, 2.24) is 4.90 Å². The van der Waals surface area contributed by atoms with Crippen LogP contribution in [0.5, 0.6) is 0 Å². The minimum atomic E-state index is -2.08. The van der Waals surface area contributed by atoms with Crippen molar-refractivity contribution in [3.05, 3.63) is 0 Å². The van der Waals surface area contributed by atoms with Gasteiger partial charge >= 0.3 is 12.1 Å². The van der Waals surface area contributed by atoms with Gasteiger partial charge in [-0.05, 0) is 20.8 Å². The number of carbonyl (C=O) groups is 2. The first kappa shape index (κ1) is 14.7. The predicted octanol–water partition coefficient (Wildman–Crippen LogP) is 0.781. The maximum Gasteiger partial charge on any atom is 0.411 e. The summed E-state index contributed by atoms with van der Waals surface area (Å²) in [6.45, 7) is 3.59. The molecule has 1 rings (SSSR count). The van der Waals surface area contributed by atoms with Gasteiger partial charge in [0, 0.05) is 6.42 Å². The standard InChI is InChI=1S/C11H18FNO5/c1-10(2,3)18-9(17)13-5-11(12,6-14)4-7(13)8(15)16/h7,14H,4-6H2,1-3H3,(H,15,16)/t7-,11+/m0/s1. The van der Waals surface area contributed by atoms with Gasteiger partial charge in [0.05, 0.1) is 13.2 Å². The van der Waals surface area contributed by atoms with Gasteiger partial charge in [0.1, 0.15) is 11.6 Å². The van der Waals surface area contributed by atoms with Gasteiger partial charge in [0.15, 0.2) is 5.67 Å². The summed E-state index contributed by atoms with van der Waals surface area (Å²) in [6.07, 6.45) is -1.32. The van der Waals surface area contributed by atoms with Crippen LogP contribution in [0.25, 0.3) is 0 Å². The van der Waals surface area contributed by atoms with Crippen molar-refractivity contribution in [3.63, 3.8) is 0 Å². The molecule has 0 aromatic heterocycles. The van der Waals surface area contributed by atoms with Crippen LogP contribution in [0, 0.1) is 0 Å². The quantitative estimate of drug-likeness (QED) is 0.768. The van der Waals surface area contributed by atoms with E-state index in [4.69, 9.17) is 14.9 Å². The second-order valence-electron chi connectivity index (χ2n) is 5.48. The van der Waals surface area contributed by atoms with E-state index in [-0.39, 0.29) is 0 Å². The van der Waals surface area contributed by atoms with Crippen molar-refractivity contribution < 1.29 is 28.9 Å². The van der Waals surface area contributed by atoms with E-state index in [1.165, 1.54) is 0 Å². The summed E-state index contributed by atoms with van der Waals surface area (Å²) in [5, 5.41) is 17.9. The van der Waals surface area contributed by atoms with Gasteiger partial charge in [-0.3, -0.25) is 4.90 Å². The Kier molecular flexibility index (Phi) is 3.85. The van der Waals surface area contributed by atoms with Crippen molar-refractivity contribution in [1.29, 1.82) is 0 Å².